The Morgan fingerprint density at radius 2 is 2.04 bits per heavy atom. The second-order valence-corrected chi connectivity index (χ2v) is 6.98. The molecule has 3 aromatic rings. The maximum absolute atomic E-state index is 13.7. The van der Waals surface area contributed by atoms with Crippen LogP contribution in [0.2, 0.25) is 0 Å². The minimum atomic E-state index is -0.442. The number of para-hydroxylation sites is 1. The highest BCUT2D eigenvalue weighted by Crippen LogP contribution is 2.19. The molecule has 7 nitrogen and oxygen atoms in total. The van der Waals surface area contributed by atoms with Crippen molar-refractivity contribution in [1.82, 2.24) is 19.9 Å². The number of nitrogens with one attached hydrogen (secondary N) is 1. The van der Waals surface area contributed by atoms with Gasteiger partial charge in [-0.3, -0.25) is 4.90 Å². The van der Waals surface area contributed by atoms with E-state index in [4.69, 9.17) is 4.52 Å². The molecule has 1 aromatic carbocycles. The number of hydrogen-bond donors (Lipinski definition) is 1. The van der Waals surface area contributed by atoms with Gasteiger partial charge in [0.25, 0.3) is 0 Å². The van der Waals surface area contributed by atoms with Gasteiger partial charge in [-0.1, -0.05) is 17.3 Å². The van der Waals surface area contributed by atoms with Crippen LogP contribution >= 0.6 is 11.3 Å². The summed E-state index contributed by atoms with van der Waals surface area (Å²) in [6.07, 6.45) is 0. The SMILES string of the molecule is O=C(Nc1ccccc1F)N1CCN(Cc2nc(-c3ccsc3)no2)CC1. The Labute approximate surface area is 159 Å². The molecule has 0 bridgehead atoms. The Bertz CT molecular complexity index is 906. The van der Waals surface area contributed by atoms with Crippen LogP contribution in [0, 0.1) is 5.82 Å². The standard InChI is InChI=1S/C18H18FN5O2S/c19-14-3-1-2-4-15(14)20-18(25)24-8-6-23(7-9-24)11-16-21-17(22-26-16)13-5-10-27-12-13/h1-5,10,12H,6-9,11H2,(H,20,25). The van der Waals surface area contributed by atoms with E-state index in [0.29, 0.717) is 44.4 Å². The Morgan fingerprint density at radius 3 is 2.78 bits per heavy atom. The molecule has 9 heteroatoms. The van der Waals surface area contributed by atoms with Crippen molar-refractivity contribution in [2.75, 3.05) is 31.5 Å². The molecule has 0 unspecified atom stereocenters. The van der Waals surface area contributed by atoms with E-state index < -0.39 is 5.82 Å². The second-order valence-electron chi connectivity index (χ2n) is 6.20. The number of halogens is 1. The Balaban J connectivity index is 1.29. The van der Waals surface area contributed by atoms with E-state index >= 15 is 0 Å². The molecule has 2 aromatic heterocycles. The van der Waals surface area contributed by atoms with Crippen molar-refractivity contribution >= 4 is 23.1 Å². The van der Waals surface area contributed by atoms with Gasteiger partial charge in [-0.25, -0.2) is 9.18 Å². The van der Waals surface area contributed by atoms with Crippen molar-refractivity contribution in [1.29, 1.82) is 0 Å². The summed E-state index contributed by atoms with van der Waals surface area (Å²) in [7, 11) is 0. The van der Waals surface area contributed by atoms with Crippen LogP contribution < -0.4 is 5.32 Å². The number of anilines is 1. The monoisotopic (exact) mass is 387 g/mol. The number of thiophene rings is 1. The van der Waals surface area contributed by atoms with Crippen LogP contribution in [0.4, 0.5) is 14.9 Å². The Hall–Kier alpha value is -2.78. The van der Waals surface area contributed by atoms with Gasteiger partial charge in [0.15, 0.2) is 0 Å². The Kier molecular flexibility index (Phi) is 5.12. The van der Waals surface area contributed by atoms with Crippen molar-refractivity contribution in [3.63, 3.8) is 0 Å². The molecule has 140 valence electrons. The van der Waals surface area contributed by atoms with Gasteiger partial charge in [0.1, 0.15) is 5.82 Å². The first kappa shape index (κ1) is 17.6. The predicted molar refractivity (Wildman–Crippen MR) is 99.9 cm³/mol. The molecule has 3 heterocycles. The lowest BCUT2D eigenvalue weighted by Gasteiger charge is -2.33. The fourth-order valence-electron chi connectivity index (χ4n) is 2.89. The van der Waals surface area contributed by atoms with E-state index in [-0.39, 0.29) is 11.7 Å². The van der Waals surface area contributed by atoms with E-state index in [0.717, 1.165) is 5.56 Å². The third kappa shape index (κ3) is 4.15. The van der Waals surface area contributed by atoms with Crippen molar-refractivity contribution in [3.05, 3.63) is 52.8 Å². The average Bonchev–Trinajstić information content (AvgIpc) is 3.36. The topological polar surface area (TPSA) is 74.5 Å². The molecule has 1 fully saturated rings. The highest BCUT2D eigenvalue weighted by atomic mass is 32.1. The molecular formula is C18H18FN5O2S. The lowest BCUT2D eigenvalue weighted by molar-refractivity contribution is 0.133. The van der Waals surface area contributed by atoms with E-state index in [1.807, 2.05) is 16.8 Å². The van der Waals surface area contributed by atoms with Gasteiger partial charge in [-0.2, -0.15) is 16.3 Å². The molecule has 0 aliphatic carbocycles. The predicted octanol–water partition coefficient (Wildman–Crippen LogP) is 3.29. The zero-order chi connectivity index (χ0) is 18.6. The van der Waals surface area contributed by atoms with Gasteiger partial charge in [-0.15, -0.1) is 0 Å². The third-order valence-electron chi connectivity index (χ3n) is 4.38. The lowest BCUT2D eigenvalue weighted by Crippen LogP contribution is -2.49. The highest BCUT2D eigenvalue weighted by Gasteiger charge is 2.23. The second kappa shape index (κ2) is 7.85. The van der Waals surface area contributed by atoms with Gasteiger partial charge >= 0.3 is 6.03 Å². The number of hydrogen-bond acceptors (Lipinski definition) is 6. The van der Waals surface area contributed by atoms with Crippen molar-refractivity contribution in [2.45, 2.75) is 6.54 Å². The molecule has 0 radical (unpaired) electrons. The van der Waals surface area contributed by atoms with Crippen LogP contribution in [0.15, 0.2) is 45.6 Å². The smallest absolute Gasteiger partial charge is 0.322 e. The number of carbonyl (C=O) groups is 1. The number of aromatic nitrogens is 2. The van der Waals surface area contributed by atoms with Crippen molar-refractivity contribution in [2.24, 2.45) is 0 Å². The van der Waals surface area contributed by atoms with E-state index in [1.54, 1.807) is 34.4 Å². The lowest BCUT2D eigenvalue weighted by atomic mass is 10.3. The number of carbonyl (C=O) groups excluding carboxylic acids is 1. The number of benzene rings is 1. The minimum absolute atomic E-state index is 0.191. The summed E-state index contributed by atoms with van der Waals surface area (Å²) in [5, 5.41) is 10.6. The molecule has 4 rings (SSSR count). The Morgan fingerprint density at radius 1 is 1.22 bits per heavy atom. The summed E-state index contributed by atoms with van der Waals surface area (Å²) in [5.74, 6) is 0.705. The van der Waals surface area contributed by atoms with Crippen molar-refractivity contribution in [3.8, 4) is 11.4 Å². The fourth-order valence-corrected chi connectivity index (χ4v) is 3.52. The van der Waals surface area contributed by atoms with Gasteiger partial charge in [0.2, 0.25) is 11.7 Å². The largest absolute Gasteiger partial charge is 0.338 e. The summed E-state index contributed by atoms with van der Waals surface area (Å²) in [6, 6.07) is 7.80. The van der Waals surface area contributed by atoms with Crippen LogP contribution in [-0.2, 0) is 6.54 Å². The zero-order valence-electron chi connectivity index (χ0n) is 14.5. The zero-order valence-corrected chi connectivity index (χ0v) is 15.3. The van der Waals surface area contributed by atoms with Gasteiger partial charge < -0.3 is 14.7 Å². The van der Waals surface area contributed by atoms with E-state index in [9.17, 15) is 9.18 Å². The van der Waals surface area contributed by atoms with Crippen LogP contribution in [0.25, 0.3) is 11.4 Å². The minimum Gasteiger partial charge on any atom is -0.338 e. The first-order chi connectivity index (χ1) is 13.2. The normalized spacial score (nSPS) is 15.1. The third-order valence-corrected chi connectivity index (χ3v) is 5.06. The summed E-state index contributed by atoms with van der Waals surface area (Å²) in [4.78, 5) is 20.6. The summed E-state index contributed by atoms with van der Waals surface area (Å²) < 4.78 is 19.0. The fraction of sp³-hybridized carbons (Fsp3) is 0.278. The maximum Gasteiger partial charge on any atom is 0.322 e. The van der Waals surface area contributed by atoms with Crippen LogP contribution in [-0.4, -0.2) is 52.2 Å². The number of nitrogens with zero attached hydrogens (tertiary/aromatic N) is 4. The van der Waals surface area contributed by atoms with Crippen LogP contribution in [0.1, 0.15) is 5.89 Å². The molecule has 1 aliphatic rings. The van der Waals surface area contributed by atoms with Gasteiger partial charge in [0, 0.05) is 37.1 Å². The molecule has 1 N–H and O–H groups in total. The van der Waals surface area contributed by atoms with E-state index in [1.165, 1.54) is 6.07 Å². The van der Waals surface area contributed by atoms with Gasteiger partial charge in [-0.05, 0) is 23.6 Å². The first-order valence-electron chi connectivity index (χ1n) is 8.57. The molecule has 27 heavy (non-hydrogen) atoms. The maximum atomic E-state index is 13.7. The summed E-state index contributed by atoms with van der Waals surface area (Å²) in [6.45, 7) is 3.00. The number of rotatable bonds is 4. The molecule has 1 saturated heterocycles. The van der Waals surface area contributed by atoms with Crippen LogP contribution in [0.3, 0.4) is 0 Å². The van der Waals surface area contributed by atoms with Gasteiger partial charge in [0.05, 0.1) is 12.2 Å². The summed E-state index contributed by atoms with van der Waals surface area (Å²) >= 11 is 1.58. The quantitative estimate of drug-likeness (QED) is 0.744. The molecule has 0 saturated carbocycles. The number of amides is 2. The molecule has 2 amide bonds. The van der Waals surface area contributed by atoms with Crippen molar-refractivity contribution < 1.29 is 13.7 Å². The number of urea groups is 1. The van der Waals surface area contributed by atoms with Crippen LogP contribution in [0.5, 0.6) is 0 Å². The highest BCUT2D eigenvalue weighted by molar-refractivity contribution is 7.08. The number of piperazine rings is 1. The van der Waals surface area contributed by atoms with E-state index in [2.05, 4.69) is 20.4 Å². The first-order valence-corrected chi connectivity index (χ1v) is 9.51. The molecule has 0 spiro atoms. The molecule has 1 aliphatic heterocycles. The molecular weight excluding hydrogens is 369 g/mol. The molecule has 0 atom stereocenters. The summed E-state index contributed by atoms with van der Waals surface area (Å²) in [5.41, 5.74) is 1.14. The average molecular weight is 387 g/mol.